The average molecular weight is 443 g/mol. The lowest BCUT2D eigenvalue weighted by Gasteiger charge is -2.09. The van der Waals surface area contributed by atoms with Crippen LogP contribution < -0.4 is 0 Å². The first-order valence-electron chi connectivity index (χ1n) is 11.4. The number of carbonyl (C=O) groups excluding carboxylic acids is 3. The van der Waals surface area contributed by atoms with E-state index in [0.29, 0.717) is 37.5 Å². The summed E-state index contributed by atoms with van der Waals surface area (Å²) in [5.74, 6) is -0.0385. The number of Topliss-reactive ketones (excluding diaryl/α,β-unsaturated/α-hetero) is 1. The molecule has 0 rings (SSSR count). The SMILES string of the molecule is CCCCC(O)/C=C(/C=O)CCCCCC(C=CC=O)OO.CCCCCC(=O)CO. The van der Waals surface area contributed by atoms with Gasteiger partial charge in [-0.15, -0.1) is 0 Å². The lowest BCUT2D eigenvalue weighted by molar-refractivity contribution is -0.267. The van der Waals surface area contributed by atoms with Crippen LogP contribution in [0.4, 0.5) is 0 Å². The maximum Gasteiger partial charge on any atom is 0.158 e. The highest BCUT2D eigenvalue weighted by atomic mass is 17.1. The van der Waals surface area contributed by atoms with E-state index in [0.717, 1.165) is 57.7 Å². The number of hydrogen-bond donors (Lipinski definition) is 3. The van der Waals surface area contributed by atoms with Gasteiger partial charge < -0.3 is 10.2 Å². The van der Waals surface area contributed by atoms with Crippen LogP contribution in [0.3, 0.4) is 0 Å². The van der Waals surface area contributed by atoms with Gasteiger partial charge in [-0.3, -0.25) is 19.6 Å². The van der Waals surface area contributed by atoms with Crippen molar-refractivity contribution in [2.24, 2.45) is 0 Å². The third-order valence-electron chi connectivity index (χ3n) is 4.64. The zero-order valence-corrected chi connectivity index (χ0v) is 19.2. The van der Waals surface area contributed by atoms with Gasteiger partial charge in [-0.05, 0) is 55.9 Å². The Morgan fingerprint density at radius 1 is 0.935 bits per heavy atom. The monoisotopic (exact) mass is 442 g/mol. The molecule has 0 saturated heterocycles. The van der Waals surface area contributed by atoms with Crippen molar-refractivity contribution in [1.82, 2.24) is 0 Å². The van der Waals surface area contributed by atoms with Gasteiger partial charge in [0.2, 0.25) is 0 Å². The van der Waals surface area contributed by atoms with Crippen molar-refractivity contribution >= 4 is 18.4 Å². The summed E-state index contributed by atoms with van der Waals surface area (Å²) in [6.45, 7) is 3.86. The van der Waals surface area contributed by atoms with Crippen LogP contribution in [0.2, 0.25) is 0 Å². The van der Waals surface area contributed by atoms with E-state index in [9.17, 15) is 19.5 Å². The van der Waals surface area contributed by atoms with E-state index in [-0.39, 0.29) is 12.4 Å². The Hall–Kier alpha value is -1.67. The van der Waals surface area contributed by atoms with Crippen molar-refractivity contribution in [3.05, 3.63) is 23.8 Å². The van der Waals surface area contributed by atoms with Crippen LogP contribution in [-0.4, -0.2) is 52.6 Å². The topological polar surface area (TPSA) is 121 Å². The summed E-state index contributed by atoms with van der Waals surface area (Å²) in [6.07, 6.45) is 15.0. The summed E-state index contributed by atoms with van der Waals surface area (Å²) in [7, 11) is 0. The van der Waals surface area contributed by atoms with E-state index in [2.05, 4.69) is 18.7 Å². The Labute approximate surface area is 187 Å². The second kappa shape index (κ2) is 24.6. The van der Waals surface area contributed by atoms with E-state index >= 15 is 0 Å². The van der Waals surface area contributed by atoms with Gasteiger partial charge in [0.25, 0.3) is 0 Å². The van der Waals surface area contributed by atoms with Crippen molar-refractivity contribution in [1.29, 1.82) is 0 Å². The number of aliphatic hydroxyl groups is 2. The molecule has 180 valence electrons. The Morgan fingerprint density at radius 3 is 2.16 bits per heavy atom. The van der Waals surface area contributed by atoms with Gasteiger partial charge in [-0.2, -0.15) is 0 Å². The van der Waals surface area contributed by atoms with Crippen molar-refractivity contribution < 1.29 is 34.7 Å². The number of allylic oxidation sites excluding steroid dienone is 2. The molecule has 0 aromatic carbocycles. The second-order valence-corrected chi connectivity index (χ2v) is 7.49. The van der Waals surface area contributed by atoms with Crippen LogP contribution in [0, 0.1) is 0 Å². The molecule has 0 aromatic rings. The first-order chi connectivity index (χ1) is 15.0. The molecule has 7 heteroatoms. The predicted molar refractivity (Wildman–Crippen MR) is 122 cm³/mol. The fraction of sp³-hybridized carbons (Fsp3) is 0.708. The standard InChI is InChI=1S/C17H28O5.C7H14O2/c1-2-3-9-16(20)13-15(14-19)8-5-4-6-10-17(22-21)11-7-12-18;1-2-3-4-5-7(9)6-8/h7,11-14,16-17,20-21H,2-6,8-10H2,1H3;8H,2-6H2,1H3/b11-7?,15-13+;. The van der Waals surface area contributed by atoms with Gasteiger partial charge in [0.1, 0.15) is 25.3 Å². The van der Waals surface area contributed by atoms with Crippen molar-refractivity contribution in [3.8, 4) is 0 Å². The molecule has 0 aliphatic heterocycles. The molecule has 0 spiro atoms. The summed E-state index contributed by atoms with van der Waals surface area (Å²) in [4.78, 5) is 35.8. The van der Waals surface area contributed by atoms with Gasteiger partial charge in [0.05, 0.1) is 6.10 Å². The van der Waals surface area contributed by atoms with Gasteiger partial charge in [0.15, 0.2) is 5.78 Å². The summed E-state index contributed by atoms with van der Waals surface area (Å²) in [6, 6.07) is 0. The fourth-order valence-electron chi connectivity index (χ4n) is 2.78. The van der Waals surface area contributed by atoms with E-state index in [1.54, 1.807) is 6.08 Å². The quantitative estimate of drug-likeness (QED) is 0.0893. The summed E-state index contributed by atoms with van der Waals surface area (Å²) in [5, 5.41) is 26.7. The number of rotatable bonds is 19. The van der Waals surface area contributed by atoms with E-state index in [1.165, 1.54) is 12.2 Å². The van der Waals surface area contributed by atoms with Gasteiger partial charge in [-0.25, -0.2) is 4.89 Å². The molecule has 0 aromatic heterocycles. The normalized spacial score (nSPS) is 13.4. The van der Waals surface area contributed by atoms with Crippen molar-refractivity contribution in [3.63, 3.8) is 0 Å². The van der Waals surface area contributed by atoms with Crippen molar-refractivity contribution in [2.75, 3.05) is 6.61 Å². The molecule has 0 radical (unpaired) electrons. The van der Waals surface area contributed by atoms with Gasteiger partial charge in [0, 0.05) is 6.42 Å². The first-order valence-corrected chi connectivity index (χ1v) is 11.4. The number of hydrogen-bond acceptors (Lipinski definition) is 7. The van der Waals surface area contributed by atoms with Crippen LogP contribution in [0.1, 0.15) is 90.9 Å². The largest absolute Gasteiger partial charge is 0.389 e. The lowest BCUT2D eigenvalue weighted by Crippen LogP contribution is -2.07. The second-order valence-electron chi connectivity index (χ2n) is 7.49. The minimum Gasteiger partial charge on any atom is -0.389 e. The van der Waals surface area contributed by atoms with Crippen LogP contribution in [0.5, 0.6) is 0 Å². The first kappa shape index (κ1) is 31.5. The highest BCUT2D eigenvalue weighted by Crippen LogP contribution is 2.13. The average Bonchev–Trinajstić information content (AvgIpc) is 2.79. The summed E-state index contributed by atoms with van der Waals surface area (Å²) >= 11 is 0. The van der Waals surface area contributed by atoms with Crippen LogP contribution >= 0.6 is 0 Å². The number of aliphatic hydroxyl groups excluding tert-OH is 2. The Morgan fingerprint density at radius 2 is 1.61 bits per heavy atom. The van der Waals surface area contributed by atoms with Crippen LogP contribution in [0.25, 0.3) is 0 Å². The Balaban J connectivity index is 0. The minimum absolute atomic E-state index is 0.0385. The lowest BCUT2D eigenvalue weighted by atomic mass is 10.0. The molecule has 0 amide bonds. The molecule has 0 fully saturated rings. The summed E-state index contributed by atoms with van der Waals surface area (Å²) in [5.41, 5.74) is 0.638. The smallest absolute Gasteiger partial charge is 0.158 e. The third kappa shape index (κ3) is 22.8. The minimum atomic E-state index is -0.541. The number of carbonyl (C=O) groups is 3. The molecule has 3 N–H and O–H groups in total. The predicted octanol–water partition coefficient (Wildman–Crippen LogP) is 4.35. The third-order valence-corrected chi connectivity index (χ3v) is 4.64. The summed E-state index contributed by atoms with van der Waals surface area (Å²) < 4.78 is 0. The maximum atomic E-state index is 11.0. The number of unbranched alkanes of at least 4 members (excludes halogenated alkanes) is 5. The van der Waals surface area contributed by atoms with Crippen molar-refractivity contribution in [2.45, 2.75) is 103 Å². The molecular formula is C24H42O7. The molecule has 0 bridgehead atoms. The highest BCUT2D eigenvalue weighted by Gasteiger charge is 2.06. The van der Waals surface area contributed by atoms with Gasteiger partial charge >= 0.3 is 0 Å². The Kier molecular flexibility index (Phi) is 25.0. The molecule has 0 aliphatic carbocycles. The molecule has 2 atom stereocenters. The molecule has 0 aliphatic rings. The Bertz CT molecular complexity index is 500. The highest BCUT2D eigenvalue weighted by molar-refractivity contribution is 5.79. The fourth-order valence-corrected chi connectivity index (χ4v) is 2.78. The molecule has 2 unspecified atom stereocenters. The number of aldehydes is 2. The molecular weight excluding hydrogens is 400 g/mol. The zero-order valence-electron chi connectivity index (χ0n) is 19.2. The molecule has 0 saturated carbocycles. The molecule has 7 nitrogen and oxygen atoms in total. The zero-order chi connectivity index (χ0) is 23.7. The van der Waals surface area contributed by atoms with E-state index < -0.39 is 12.2 Å². The van der Waals surface area contributed by atoms with Crippen LogP contribution in [-0.2, 0) is 19.3 Å². The van der Waals surface area contributed by atoms with E-state index in [4.69, 9.17) is 10.4 Å². The molecule has 31 heavy (non-hydrogen) atoms. The van der Waals surface area contributed by atoms with Gasteiger partial charge in [-0.1, -0.05) is 52.4 Å². The number of ketones is 1. The van der Waals surface area contributed by atoms with E-state index in [1.807, 2.05) is 0 Å². The maximum absolute atomic E-state index is 11.0. The van der Waals surface area contributed by atoms with Crippen LogP contribution in [0.15, 0.2) is 23.8 Å². The molecule has 0 heterocycles.